The van der Waals surface area contributed by atoms with Crippen LogP contribution in [0.5, 0.6) is 0 Å². The third-order valence-corrected chi connectivity index (χ3v) is 7.10. The molecule has 0 aromatic heterocycles. The Kier molecular flexibility index (Phi) is 21.1. The SMILES string of the molecule is C=CCCCCCCCCCOP(=O)(CCCCCCCCCC=C)OCC. The van der Waals surface area contributed by atoms with Crippen molar-refractivity contribution in [2.45, 2.75) is 110 Å². The standard InChI is InChI=1S/C24H47O3P/c1-4-7-9-11-13-15-17-19-21-23-27-28(25,26-6-3)24-22-20-18-16-14-12-10-8-5-2/h4-5H,1-2,6-24H2,3H3. The smallest absolute Gasteiger partial charge is 0.309 e. The van der Waals surface area contributed by atoms with Crippen molar-refractivity contribution < 1.29 is 13.6 Å². The summed E-state index contributed by atoms with van der Waals surface area (Å²) in [6.45, 7) is 10.4. The monoisotopic (exact) mass is 414 g/mol. The predicted molar refractivity (Wildman–Crippen MR) is 124 cm³/mol. The van der Waals surface area contributed by atoms with Gasteiger partial charge in [0.2, 0.25) is 0 Å². The highest BCUT2D eigenvalue weighted by Gasteiger charge is 2.22. The van der Waals surface area contributed by atoms with Crippen LogP contribution >= 0.6 is 7.60 Å². The van der Waals surface area contributed by atoms with E-state index in [2.05, 4.69) is 13.2 Å². The van der Waals surface area contributed by atoms with Crippen LogP contribution in [0.25, 0.3) is 0 Å². The van der Waals surface area contributed by atoms with Crippen molar-refractivity contribution in [3.63, 3.8) is 0 Å². The van der Waals surface area contributed by atoms with Crippen LogP contribution in [0.1, 0.15) is 110 Å². The van der Waals surface area contributed by atoms with E-state index in [4.69, 9.17) is 9.05 Å². The van der Waals surface area contributed by atoms with Crippen LogP contribution in [0, 0.1) is 0 Å². The van der Waals surface area contributed by atoms with Crippen LogP contribution < -0.4 is 0 Å². The highest BCUT2D eigenvalue weighted by Crippen LogP contribution is 2.49. The minimum absolute atomic E-state index is 0.464. The number of allylic oxidation sites excluding steroid dienone is 2. The summed E-state index contributed by atoms with van der Waals surface area (Å²) in [5, 5.41) is 0. The van der Waals surface area contributed by atoms with Crippen LogP contribution in [-0.4, -0.2) is 19.4 Å². The second kappa shape index (κ2) is 21.3. The normalized spacial score (nSPS) is 13.3. The van der Waals surface area contributed by atoms with Crippen molar-refractivity contribution in [3.05, 3.63) is 25.3 Å². The summed E-state index contributed by atoms with van der Waals surface area (Å²) in [6, 6.07) is 0. The second-order valence-corrected chi connectivity index (χ2v) is 9.88. The average molecular weight is 415 g/mol. The molecule has 0 spiro atoms. The summed E-state index contributed by atoms with van der Waals surface area (Å²) in [7, 11) is -2.88. The molecular weight excluding hydrogens is 367 g/mol. The van der Waals surface area contributed by atoms with Crippen LogP contribution in [0.2, 0.25) is 0 Å². The zero-order valence-corrected chi connectivity index (χ0v) is 19.6. The first-order valence-electron chi connectivity index (χ1n) is 11.8. The Morgan fingerprint density at radius 2 is 1.07 bits per heavy atom. The van der Waals surface area contributed by atoms with Crippen molar-refractivity contribution in [1.29, 1.82) is 0 Å². The Balaban J connectivity index is 3.66. The molecule has 0 saturated carbocycles. The van der Waals surface area contributed by atoms with Crippen LogP contribution in [0.3, 0.4) is 0 Å². The van der Waals surface area contributed by atoms with Gasteiger partial charge in [0.25, 0.3) is 0 Å². The molecular formula is C24H47O3P. The molecule has 166 valence electrons. The molecule has 0 bridgehead atoms. The van der Waals surface area contributed by atoms with Gasteiger partial charge in [-0.15, -0.1) is 13.2 Å². The molecule has 0 aromatic rings. The Hall–Kier alpha value is -0.370. The lowest BCUT2D eigenvalue weighted by Gasteiger charge is -2.17. The van der Waals surface area contributed by atoms with Gasteiger partial charge in [0.1, 0.15) is 0 Å². The minimum atomic E-state index is -2.88. The first-order valence-corrected chi connectivity index (χ1v) is 13.5. The van der Waals surface area contributed by atoms with Gasteiger partial charge in [0.05, 0.1) is 19.4 Å². The molecule has 0 radical (unpaired) electrons. The molecule has 0 aliphatic heterocycles. The Bertz CT molecular complexity index is 395. The third-order valence-electron chi connectivity index (χ3n) is 5.01. The summed E-state index contributed by atoms with van der Waals surface area (Å²) in [6.07, 6.45) is 23.7. The van der Waals surface area contributed by atoms with Gasteiger partial charge in [-0.05, 0) is 45.4 Å². The summed E-state index contributed by atoms with van der Waals surface area (Å²) in [4.78, 5) is 0. The summed E-state index contributed by atoms with van der Waals surface area (Å²) in [5.41, 5.74) is 0. The van der Waals surface area contributed by atoms with E-state index in [-0.39, 0.29) is 0 Å². The van der Waals surface area contributed by atoms with Gasteiger partial charge in [0, 0.05) is 0 Å². The summed E-state index contributed by atoms with van der Waals surface area (Å²) in [5.74, 6) is 0. The fourth-order valence-corrected chi connectivity index (χ4v) is 5.06. The highest BCUT2D eigenvalue weighted by atomic mass is 31.2. The fraction of sp³-hybridized carbons (Fsp3) is 0.833. The van der Waals surface area contributed by atoms with E-state index < -0.39 is 7.60 Å². The van der Waals surface area contributed by atoms with E-state index in [1.807, 2.05) is 19.1 Å². The molecule has 0 aliphatic rings. The highest BCUT2D eigenvalue weighted by molar-refractivity contribution is 7.53. The third kappa shape index (κ3) is 19.0. The van der Waals surface area contributed by atoms with E-state index in [1.54, 1.807) is 0 Å². The number of unbranched alkanes of at least 4 members (excludes halogenated alkanes) is 14. The molecule has 0 heterocycles. The molecule has 0 fully saturated rings. The van der Waals surface area contributed by atoms with Crippen molar-refractivity contribution in [2.24, 2.45) is 0 Å². The Labute approximate surface area is 175 Å². The van der Waals surface area contributed by atoms with Crippen molar-refractivity contribution in [3.8, 4) is 0 Å². The van der Waals surface area contributed by atoms with Gasteiger partial charge >= 0.3 is 7.60 Å². The van der Waals surface area contributed by atoms with Crippen molar-refractivity contribution in [2.75, 3.05) is 19.4 Å². The van der Waals surface area contributed by atoms with Crippen LogP contribution in [0.4, 0.5) is 0 Å². The molecule has 0 rings (SSSR count). The molecule has 0 aromatic carbocycles. The fourth-order valence-electron chi connectivity index (χ4n) is 3.32. The van der Waals surface area contributed by atoms with Gasteiger partial charge in [-0.25, -0.2) is 0 Å². The quantitative estimate of drug-likeness (QED) is 0.0951. The number of hydrogen-bond acceptors (Lipinski definition) is 3. The molecule has 0 N–H and O–H groups in total. The molecule has 0 saturated heterocycles. The number of rotatable bonds is 23. The zero-order valence-electron chi connectivity index (χ0n) is 18.7. The lowest BCUT2D eigenvalue weighted by Crippen LogP contribution is -2.02. The predicted octanol–water partition coefficient (Wildman–Crippen LogP) is 8.85. The average Bonchev–Trinajstić information content (AvgIpc) is 2.68. The van der Waals surface area contributed by atoms with Gasteiger partial charge in [0.15, 0.2) is 0 Å². The maximum absolute atomic E-state index is 12.8. The van der Waals surface area contributed by atoms with Gasteiger partial charge < -0.3 is 9.05 Å². The lowest BCUT2D eigenvalue weighted by molar-refractivity contribution is 0.207. The minimum Gasteiger partial charge on any atom is -0.309 e. The zero-order chi connectivity index (χ0) is 20.8. The maximum atomic E-state index is 12.8. The summed E-state index contributed by atoms with van der Waals surface area (Å²) < 4.78 is 24.0. The largest absolute Gasteiger partial charge is 0.330 e. The molecule has 1 atom stereocenters. The van der Waals surface area contributed by atoms with E-state index in [1.165, 1.54) is 64.2 Å². The second-order valence-electron chi connectivity index (χ2n) is 7.69. The molecule has 4 heteroatoms. The van der Waals surface area contributed by atoms with E-state index in [9.17, 15) is 4.57 Å². The van der Waals surface area contributed by atoms with Crippen molar-refractivity contribution in [1.82, 2.24) is 0 Å². The van der Waals surface area contributed by atoms with E-state index in [0.717, 1.165) is 38.5 Å². The molecule has 0 aliphatic carbocycles. The molecule has 0 amide bonds. The Morgan fingerprint density at radius 3 is 1.54 bits per heavy atom. The van der Waals surface area contributed by atoms with Crippen LogP contribution in [0.15, 0.2) is 25.3 Å². The van der Waals surface area contributed by atoms with E-state index in [0.29, 0.717) is 19.4 Å². The van der Waals surface area contributed by atoms with Gasteiger partial charge in [-0.1, -0.05) is 76.4 Å². The van der Waals surface area contributed by atoms with Gasteiger partial charge in [-0.2, -0.15) is 0 Å². The van der Waals surface area contributed by atoms with Crippen LogP contribution in [-0.2, 0) is 13.6 Å². The van der Waals surface area contributed by atoms with Gasteiger partial charge in [-0.3, -0.25) is 4.57 Å². The topological polar surface area (TPSA) is 35.5 Å². The Morgan fingerprint density at radius 1 is 0.643 bits per heavy atom. The first-order chi connectivity index (χ1) is 13.7. The lowest BCUT2D eigenvalue weighted by atomic mass is 10.1. The summed E-state index contributed by atoms with van der Waals surface area (Å²) >= 11 is 0. The maximum Gasteiger partial charge on any atom is 0.330 e. The molecule has 1 unspecified atom stereocenters. The number of hydrogen-bond donors (Lipinski definition) is 0. The van der Waals surface area contributed by atoms with Crippen molar-refractivity contribution >= 4 is 7.60 Å². The molecule has 28 heavy (non-hydrogen) atoms. The van der Waals surface area contributed by atoms with E-state index >= 15 is 0 Å². The molecule has 3 nitrogen and oxygen atoms in total. The first kappa shape index (κ1) is 27.6.